The van der Waals surface area contributed by atoms with Crippen LogP contribution >= 0.6 is 0 Å². The van der Waals surface area contributed by atoms with E-state index in [1.54, 1.807) is 11.0 Å². The lowest BCUT2D eigenvalue weighted by molar-refractivity contribution is 0.0707. The van der Waals surface area contributed by atoms with Crippen LogP contribution in [0.1, 0.15) is 23.2 Å². The Balaban J connectivity index is 2.00. The van der Waals surface area contributed by atoms with Crippen LogP contribution in [0, 0.1) is 0 Å². The number of carbonyl (C=O) groups is 1. The summed E-state index contributed by atoms with van der Waals surface area (Å²) in [4.78, 5) is 13.7. The second kappa shape index (κ2) is 4.49. The highest BCUT2D eigenvalue weighted by Crippen LogP contribution is 2.12. The minimum absolute atomic E-state index is 0.0393. The first-order chi connectivity index (χ1) is 7.29. The molecule has 1 N–H and O–H groups in total. The molecule has 0 spiro atoms. The number of hydrogen-bond acceptors (Lipinski definition) is 3. The fourth-order valence-corrected chi connectivity index (χ4v) is 1.92. The minimum Gasteiger partial charge on any atom is -0.472 e. The van der Waals surface area contributed by atoms with Crippen LogP contribution in [0.2, 0.25) is 0 Å². The maximum atomic E-state index is 11.9. The summed E-state index contributed by atoms with van der Waals surface area (Å²) < 4.78 is 4.91. The largest absolute Gasteiger partial charge is 0.472 e. The predicted molar refractivity (Wildman–Crippen MR) is 56.7 cm³/mol. The molecule has 0 aliphatic carbocycles. The first-order valence-electron chi connectivity index (χ1n) is 5.29. The van der Waals surface area contributed by atoms with E-state index in [0.717, 1.165) is 25.9 Å². The Bertz CT molecular complexity index is 315. The van der Waals surface area contributed by atoms with Gasteiger partial charge in [0.1, 0.15) is 6.26 Å². The molecule has 1 amide bonds. The molecule has 0 bridgehead atoms. The van der Waals surface area contributed by atoms with Crippen molar-refractivity contribution in [3.63, 3.8) is 0 Å². The third-order valence-corrected chi connectivity index (χ3v) is 2.91. The Morgan fingerprint density at radius 3 is 3.13 bits per heavy atom. The summed E-state index contributed by atoms with van der Waals surface area (Å²) in [5.74, 6) is 0.0393. The molecule has 1 aromatic rings. The highest BCUT2D eigenvalue weighted by atomic mass is 16.3. The monoisotopic (exact) mass is 208 g/mol. The number of amides is 1. The number of rotatable bonds is 2. The summed E-state index contributed by atoms with van der Waals surface area (Å²) in [5.41, 5.74) is 0.628. The third kappa shape index (κ3) is 2.21. The highest BCUT2D eigenvalue weighted by molar-refractivity contribution is 5.93. The standard InChI is InChI=1S/C11H16N2O2/c1-13(10-3-2-5-12-7-10)11(14)9-4-6-15-8-9/h4,6,8,10,12H,2-3,5,7H2,1H3. The van der Waals surface area contributed by atoms with E-state index >= 15 is 0 Å². The molecule has 1 fully saturated rings. The van der Waals surface area contributed by atoms with E-state index in [-0.39, 0.29) is 5.91 Å². The number of furan rings is 1. The molecule has 0 aromatic carbocycles. The number of hydrogen-bond donors (Lipinski definition) is 1. The fourth-order valence-electron chi connectivity index (χ4n) is 1.92. The topological polar surface area (TPSA) is 45.5 Å². The van der Waals surface area contributed by atoms with Crippen LogP contribution in [0.4, 0.5) is 0 Å². The molecule has 82 valence electrons. The Morgan fingerprint density at radius 2 is 2.53 bits per heavy atom. The first kappa shape index (κ1) is 10.2. The first-order valence-corrected chi connectivity index (χ1v) is 5.29. The average molecular weight is 208 g/mol. The van der Waals surface area contributed by atoms with Gasteiger partial charge in [0.2, 0.25) is 0 Å². The van der Waals surface area contributed by atoms with E-state index in [1.807, 2.05) is 7.05 Å². The second-order valence-electron chi connectivity index (χ2n) is 3.93. The predicted octanol–water partition coefficient (Wildman–Crippen LogP) is 1.10. The molecule has 1 aliphatic heterocycles. The lowest BCUT2D eigenvalue weighted by Gasteiger charge is -2.31. The minimum atomic E-state index is 0.0393. The fraction of sp³-hybridized carbons (Fsp3) is 0.545. The van der Waals surface area contributed by atoms with Crippen LogP contribution < -0.4 is 5.32 Å². The van der Waals surface area contributed by atoms with Gasteiger partial charge in [-0.3, -0.25) is 4.79 Å². The van der Waals surface area contributed by atoms with Crippen molar-refractivity contribution in [2.24, 2.45) is 0 Å². The summed E-state index contributed by atoms with van der Waals surface area (Å²) in [6.07, 6.45) is 5.23. The van der Waals surface area contributed by atoms with Crippen molar-refractivity contribution in [1.29, 1.82) is 0 Å². The smallest absolute Gasteiger partial charge is 0.257 e. The number of piperidine rings is 1. The van der Waals surface area contributed by atoms with Gasteiger partial charge in [-0.2, -0.15) is 0 Å². The van der Waals surface area contributed by atoms with Gasteiger partial charge in [0.15, 0.2) is 0 Å². The van der Waals surface area contributed by atoms with E-state index in [0.29, 0.717) is 11.6 Å². The van der Waals surface area contributed by atoms with E-state index in [9.17, 15) is 4.79 Å². The van der Waals surface area contributed by atoms with E-state index in [2.05, 4.69) is 5.32 Å². The van der Waals surface area contributed by atoms with Gasteiger partial charge >= 0.3 is 0 Å². The molecule has 4 heteroatoms. The number of likely N-dealkylation sites (N-methyl/N-ethyl adjacent to an activating group) is 1. The lowest BCUT2D eigenvalue weighted by Crippen LogP contribution is -2.46. The average Bonchev–Trinajstić information content (AvgIpc) is 2.82. The molecule has 2 rings (SSSR count). The van der Waals surface area contributed by atoms with E-state index < -0.39 is 0 Å². The van der Waals surface area contributed by atoms with Gasteiger partial charge in [0.05, 0.1) is 11.8 Å². The molecule has 1 unspecified atom stereocenters. The molecular weight excluding hydrogens is 192 g/mol. The third-order valence-electron chi connectivity index (χ3n) is 2.91. The van der Waals surface area contributed by atoms with Crippen molar-refractivity contribution in [2.75, 3.05) is 20.1 Å². The molecule has 1 aromatic heterocycles. The van der Waals surface area contributed by atoms with Crippen molar-refractivity contribution in [3.8, 4) is 0 Å². The van der Waals surface area contributed by atoms with Crippen LogP contribution in [0.5, 0.6) is 0 Å². The number of nitrogens with one attached hydrogen (secondary N) is 1. The van der Waals surface area contributed by atoms with Gasteiger partial charge in [-0.15, -0.1) is 0 Å². The van der Waals surface area contributed by atoms with Crippen molar-refractivity contribution in [3.05, 3.63) is 24.2 Å². The van der Waals surface area contributed by atoms with Crippen LogP contribution in [-0.4, -0.2) is 37.0 Å². The summed E-state index contributed by atoms with van der Waals surface area (Å²) in [7, 11) is 1.85. The molecule has 1 atom stereocenters. The highest BCUT2D eigenvalue weighted by Gasteiger charge is 2.23. The van der Waals surface area contributed by atoms with Crippen molar-refractivity contribution < 1.29 is 9.21 Å². The summed E-state index contributed by atoms with van der Waals surface area (Å²) in [6.45, 7) is 1.95. The van der Waals surface area contributed by atoms with Crippen LogP contribution in [0.25, 0.3) is 0 Å². The summed E-state index contributed by atoms with van der Waals surface area (Å²) in [6, 6.07) is 2.01. The maximum absolute atomic E-state index is 11.9. The van der Waals surface area contributed by atoms with Crippen molar-refractivity contribution in [2.45, 2.75) is 18.9 Å². The molecular formula is C11H16N2O2. The van der Waals surface area contributed by atoms with E-state index in [1.165, 1.54) is 12.5 Å². The van der Waals surface area contributed by atoms with Crippen LogP contribution in [0.15, 0.2) is 23.0 Å². The van der Waals surface area contributed by atoms with E-state index in [4.69, 9.17) is 4.42 Å². The lowest BCUT2D eigenvalue weighted by atomic mass is 10.1. The zero-order chi connectivity index (χ0) is 10.7. The Labute approximate surface area is 89.2 Å². The van der Waals surface area contributed by atoms with Gasteiger partial charge in [-0.1, -0.05) is 0 Å². The normalized spacial score (nSPS) is 21.3. The number of carbonyl (C=O) groups excluding carboxylic acids is 1. The molecule has 15 heavy (non-hydrogen) atoms. The molecule has 1 saturated heterocycles. The Hall–Kier alpha value is -1.29. The van der Waals surface area contributed by atoms with Gasteiger partial charge in [0, 0.05) is 19.6 Å². The van der Waals surface area contributed by atoms with Crippen molar-refractivity contribution >= 4 is 5.91 Å². The molecule has 4 nitrogen and oxygen atoms in total. The van der Waals surface area contributed by atoms with Gasteiger partial charge < -0.3 is 14.6 Å². The Kier molecular flexibility index (Phi) is 3.06. The quantitative estimate of drug-likeness (QED) is 0.791. The number of nitrogens with zero attached hydrogens (tertiary/aromatic N) is 1. The maximum Gasteiger partial charge on any atom is 0.257 e. The molecule has 2 heterocycles. The Morgan fingerprint density at radius 1 is 1.67 bits per heavy atom. The molecule has 0 radical (unpaired) electrons. The van der Waals surface area contributed by atoms with Crippen molar-refractivity contribution in [1.82, 2.24) is 10.2 Å². The molecule has 1 aliphatic rings. The van der Waals surface area contributed by atoms with Gasteiger partial charge in [0.25, 0.3) is 5.91 Å². The summed E-state index contributed by atoms with van der Waals surface area (Å²) in [5, 5.41) is 3.30. The zero-order valence-corrected chi connectivity index (χ0v) is 8.90. The van der Waals surface area contributed by atoms with Gasteiger partial charge in [-0.05, 0) is 25.5 Å². The summed E-state index contributed by atoms with van der Waals surface area (Å²) >= 11 is 0. The zero-order valence-electron chi connectivity index (χ0n) is 8.90. The van der Waals surface area contributed by atoms with Crippen LogP contribution in [0.3, 0.4) is 0 Å². The molecule has 0 saturated carbocycles. The second-order valence-corrected chi connectivity index (χ2v) is 3.93. The SMILES string of the molecule is CN(C(=O)c1ccoc1)C1CCCNC1. The van der Waals surface area contributed by atoms with Crippen LogP contribution in [-0.2, 0) is 0 Å². The van der Waals surface area contributed by atoms with Gasteiger partial charge in [-0.25, -0.2) is 0 Å².